The fourth-order valence-corrected chi connectivity index (χ4v) is 3.33. The van der Waals surface area contributed by atoms with E-state index in [1.807, 2.05) is 6.92 Å². The first-order valence-corrected chi connectivity index (χ1v) is 9.37. The van der Waals surface area contributed by atoms with Gasteiger partial charge in [0.2, 0.25) is 0 Å². The van der Waals surface area contributed by atoms with Gasteiger partial charge in [-0.15, -0.1) is 0 Å². The molecule has 0 heterocycles. The highest BCUT2D eigenvalue weighted by molar-refractivity contribution is 5.99. The van der Waals surface area contributed by atoms with Crippen molar-refractivity contribution in [1.82, 2.24) is 0 Å². The van der Waals surface area contributed by atoms with E-state index in [2.05, 4.69) is 5.32 Å². The molecule has 0 atom stereocenters. The van der Waals surface area contributed by atoms with E-state index in [0.29, 0.717) is 36.4 Å². The predicted octanol–water partition coefficient (Wildman–Crippen LogP) is 3.94. The summed E-state index contributed by atoms with van der Waals surface area (Å²) in [6, 6.07) is 5.00. The normalized spacial score (nSPS) is 16.4. The van der Waals surface area contributed by atoms with Crippen LogP contribution in [0.5, 0.6) is 5.75 Å². The van der Waals surface area contributed by atoms with E-state index in [4.69, 9.17) is 14.2 Å². The lowest BCUT2D eigenvalue weighted by Crippen LogP contribution is -2.44. The number of hydrogen-bond acceptors (Lipinski definition) is 5. The van der Waals surface area contributed by atoms with Crippen molar-refractivity contribution in [1.29, 1.82) is 0 Å². The summed E-state index contributed by atoms with van der Waals surface area (Å²) in [5.74, 6) is -0.191. The lowest BCUT2D eigenvalue weighted by molar-refractivity contribution is -0.139. The summed E-state index contributed by atoms with van der Waals surface area (Å²) in [5, 5.41) is 2.91. The summed E-state index contributed by atoms with van der Waals surface area (Å²) in [6.07, 6.45) is 5.59. The molecule has 0 bridgehead atoms. The lowest BCUT2D eigenvalue weighted by Gasteiger charge is -2.30. The number of methoxy groups -OCH3 is 1. The van der Waals surface area contributed by atoms with Crippen molar-refractivity contribution in [2.24, 2.45) is 0 Å². The minimum Gasteiger partial charge on any atom is -0.493 e. The van der Waals surface area contributed by atoms with Gasteiger partial charge < -0.3 is 19.5 Å². The average Bonchev–Trinajstić information content (AvgIpc) is 2.90. The van der Waals surface area contributed by atoms with Crippen molar-refractivity contribution in [3.05, 3.63) is 23.8 Å². The summed E-state index contributed by atoms with van der Waals surface area (Å²) in [6.45, 7) is 4.30. The average molecular weight is 363 g/mol. The molecule has 1 amide bonds. The smallest absolute Gasteiger partial charge is 0.341 e. The molecule has 1 aromatic carbocycles. The molecule has 6 heteroatoms. The van der Waals surface area contributed by atoms with Crippen LogP contribution in [0.25, 0.3) is 0 Å². The van der Waals surface area contributed by atoms with Crippen LogP contribution in [0, 0.1) is 0 Å². The van der Waals surface area contributed by atoms with Gasteiger partial charge in [-0.3, -0.25) is 4.79 Å². The maximum absolute atomic E-state index is 12.9. The summed E-state index contributed by atoms with van der Waals surface area (Å²) < 4.78 is 16.2. The minimum absolute atomic E-state index is 0.166. The molecule has 0 aliphatic heterocycles. The number of carbonyl (C=O) groups excluding carboxylic acids is 2. The van der Waals surface area contributed by atoms with Gasteiger partial charge in [-0.2, -0.15) is 0 Å². The van der Waals surface area contributed by atoms with Gasteiger partial charge >= 0.3 is 5.97 Å². The van der Waals surface area contributed by atoms with Crippen LogP contribution in [0.1, 0.15) is 62.7 Å². The van der Waals surface area contributed by atoms with Gasteiger partial charge in [0.05, 0.1) is 13.2 Å². The third-order valence-electron chi connectivity index (χ3n) is 4.75. The van der Waals surface area contributed by atoms with E-state index < -0.39 is 11.6 Å². The number of carbonyl (C=O) groups is 2. The van der Waals surface area contributed by atoms with Gasteiger partial charge in [-0.05, 0) is 44.9 Å². The predicted molar refractivity (Wildman–Crippen MR) is 99.6 cm³/mol. The third-order valence-corrected chi connectivity index (χ3v) is 4.75. The molecule has 1 saturated carbocycles. The number of esters is 1. The quantitative estimate of drug-likeness (QED) is 0.587. The molecule has 2 rings (SSSR count). The van der Waals surface area contributed by atoms with Crippen LogP contribution < -0.4 is 10.1 Å². The van der Waals surface area contributed by atoms with Crippen LogP contribution in [0.4, 0.5) is 5.69 Å². The van der Waals surface area contributed by atoms with Crippen molar-refractivity contribution in [3.63, 3.8) is 0 Å². The number of ether oxygens (including phenoxy) is 3. The minimum atomic E-state index is -0.806. The molecule has 1 aromatic rings. The Bertz CT molecular complexity index is 621. The first kappa shape index (κ1) is 20.2. The molecule has 1 aliphatic carbocycles. The van der Waals surface area contributed by atoms with Crippen LogP contribution in [0.3, 0.4) is 0 Å². The van der Waals surface area contributed by atoms with Crippen LogP contribution >= 0.6 is 0 Å². The number of rotatable bonds is 7. The van der Waals surface area contributed by atoms with E-state index in [0.717, 1.165) is 25.7 Å². The Hall–Kier alpha value is -2.08. The molecule has 0 saturated heterocycles. The second-order valence-corrected chi connectivity index (χ2v) is 6.43. The topological polar surface area (TPSA) is 73.9 Å². The summed E-state index contributed by atoms with van der Waals surface area (Å²) in [5.41, 5.74) is 0.0279. The van der Waals surface area contributed by atoms with Gasteiger partial charge in [0.15, 0.2) is 0 Å². The van der Waals surface area contributed by atoms with E-state index in [1.165, 1.54) is 0 Å². The molecule has 0 aromatic heterocycles. The zero-order chi connectivity index (χ0) is 19.0. The summed E-state index contributed by atoms with van der Waals surface area (Å²) in [7, 11) is 1.59. The van der Waals surface area contributed by atoms with Crippen LogP contribution in [0.2, 0.25) is 0 Å². The van der Waals surface area contributed by atoms with Gasteiger partial charge in [-0.1, -0.05) is 25.7 Å². The van der Waals surface area contributed by atoms with E-state index in [1.54, 1.807) is 32.2 Å². The Kier molecular flexibility index (Phi) is 7.45. The van der Waals surface area contributed by atoms with E-state index in [-0.39, 0.29) is 12.5 Å². The highest BCUT2D eigenvalue weighted by Gasteiger charge is 2.38. The number of anilines is 1. The molecule has 0 spiro atoms. The van der Waals surface area contributed by atoms with E-state index >= 15 is 0 Å². The Morgan fingerprint density at radius 2 is 1.77 bits per heavy atom. The Morgan fingerprint density at radius 3 is 2.35 bits per heavy atom. The lowest BCUT2D eigenvalue weighted by atomic mass is 9.93. The zero-order valence-corrected chi connectivity index (χ0v) is 15.9. The van der Waals surface area contributed by atoms with Crippen LogP contribution in [0.15, 0.2) is 18.2 Å². The van der Waals surface area contributed by atoms with Crippen molar-refractivity contribution in [2.75, 3.05) is 25.6 Å². The summed E-state index contributed by atoms with van der Waals surface area (Å²) >= 11 is 0. The Morgan fingerprint density at radius 1 is 1.08 bits per heavy atom. The molecule has 1 fully saturated rings. The maximum Gasteiger partial charge on any atom is 0.341 e. The second-order valence-electron chi connectivity index (χ2n) is 6.43. The molecule has 1 aliphatic rings. The highest BCUT2D eigenvalue weighted by atomic mass is 16.5. The van der Waals surface area contributed by atoms with Gasteiger partial charge in [0.1, 0.15) is 16.9 Å². The highest BCUT2D eigenvalue weighted by Crippen LogP contribution is 2.32. The van der Waals surface area contributed by atoms with Crippen molar-refractivity contribution < 1.29 is 23.8 Å². The first-order valence-electron chi connectivity index (χ1n) is 9.37. The molecular weight excluding hydrogens is 334 g/mol. The molecule has 26 heavy (non-hydrogen) atoms. The number of nitrogens with one attached hydrogen (secondary N) is 1. The van der Waals surface area contributed by atoms with Crippen molar-refractivity contribution >= 4 is 17.6 Å². The summed E-state index contributed by atoms with van der Waals surface area (Å²) in [4.78, 5) is 25.1. The SMILES string of the molecule is CCOC(=O)c1cc(NC(=O)C2(OC)CCCCCC2)ccc1OCC. The fourth-order valence-electron chi connectivity index (χ4n) is 3.33. The van der Waals surface area contributed by atoms with Gasteiger partial charge in [-0.25, -0.2) is 4.79 Å². The first-order chi connectivity index (χ1) is 12.6. The number of hydrogen-bond donors (Lipinski definition) is 1. The molecular formula is C20H29NO5. The zero-order valence-electron chi connectivity index (χ0n) is 15.9. The van der Waals surface area contributed by atoms with Gasteiger partial charge in [0.25, 0.3) is 5.91 Å². The molecule has 0 unspecified atom stereocenters. The Labute approximate surface area is 155 Å². The third kappa shape index (κ3) is 4.75. The molecule has 1 N–H and O–H groups in total. The molecule has 0 radical (unpaired) electrons. The van der Waals surface area contributed by atoms with Crippen molar-refractivity contribution in [3.8, 4) is 5.75 Å². The largest absolute Gasteiger partial charge is 0.493 e. The van der Waals surface area contributed by atoms with Crippen LogP contribution in [-0.2, 0) is 14.3 Å². The standard InChI is InChI=1S/C20H29NO5/c1-4-25-17-11-10-15(14-16(17)18(22)26-5-2)21-19(23)20(24-3)12-8-6-7-9-13-20/h10-11,14H,4-9,12-13H2,1-3H3,(H,21,23). The van der Waals surface area contributed by atoms with Crippen LogP contribution in [-0.4, -0.2) is 37.8 Å². The monoisotopic (exact) mass is 363 g/mol. The fraction of sp³-hybridized carbons (Fsp3) is 0.600. The second kappa shape index (κ2) is 9.57. The van der Waals surface area contributed by atoms with Gasteiger partial charge in [0, 0.05) is 12.8 Å². The Balaban J connectivity index is 2.23. The maximum atomic E-state index is 12.9. The van der Waals surface area contributed by atoms with E-state index in [9.17, 15) is 9.59 Å². The molecule has 144 valence electrons. The number of benzene rings is 1. The van der Waals surface area contributed by atoms with Crippen molar-refractivity contribution in [2.45, 2.75) is 58.0 Å². The molecule has 6 nitrogen and oxygen atoms in total. The number of amides is 1.